The summed E-state index contributed by atoms with van der Waals surface area (Å²) in [6, 6.07) is 7.81. The molecule has 2 aliphatic heterocycles. The van der Waals surface area contributed by atoms with Gasteiger partial charge in [0.25, 0.3) is 5.91 Å². The van der Waals surface area contributed by atoms with Crippen molar-refractivity contribution < 1.29 is 38.7 Å². The third kappa shape index (κ3) is 9.69. The zero-order valence-electron chi connectivity index (χ0n) is 24.6. The molecule has 4 N–H and O–H groups in total. The summed E-state index contributed by atoms with van der Waals surface area (Å²) in [5.74, 6) is -1.27. The fourth-order valence-corrected chi connectivity index (χ4v) is 8.07. The maximum absolute atomic E-state index is 13.0. The first-order valence-electron chi connectivity index (χ1n) is 13.8. The summed E-state index contributed by atoms with van der Waals surface area (Å²) in [7, 11) is 0. The number of carbonyl (C=O) groups is 4. The number of rotatable bonds is 12. The average Bonchev–Trinajstić information content (AvgIpc) is 2.97. The number of β-lactam (4-membered cyclic amide) rings is 1. The first kappa shape index (κ1) is 35.2. The number of carbonyl (C=O) groups excluding carboxylic acids is 3. The number of ether oxygens (including phenoxy) is 1. The van der Waals surface area contributed by atoms with Gasteiger partial charge in [0.15, 0.2) is 18.9 Å². The Kier molecular flexibility index (Phi) is 12.0. The van der Waals surface area contributed by atoms with Gasteiger partial charge in [-0.3, -0.25) is 14.5 Å². The van der Waals surface area contributed by atoms with Crippen LogP contribution in [0.5, 0.6) is 0 Å². The second-order valence-electron chi connectivity index (χ2n) is 11.1. The normalized spacial score (nSPS) is 18.5. The molecule has 0 saturated carbocycles. The Bertz CT molecular complexity index is 1490. The van der Waals surface area contributed by atoms with E-state index in [2.05, 4.69) is 10.6 Å². The minimum Gasteiger partial charge on any atom is -0.477 e. The maximum atomic E-state index is 13.0. The zero-order chi connectivity index (χ0) is 32.9. The van der Waals surface area contributed by atoms with Crippen LogP contribution >= 0.6 is 58.5 Å². The molecule has 16 heteroatoms. The summed E-state index contributed by atoms with van der Waals surface area (Å²) < 4.78 is 6.93. The molecule has 4 rings (SSSR count). The molecule has 2 aliphatic rings. The highest BCUT2D eigenvalue weighted by molar-refractivity contribution is 8.01. The molecule has 0 bridgehead atoms. The van der Waals surface area contributed by atoms with E-state index >= 15 is 0 Å². The summed E-state index contributed by atoms with van der Waals surface area (Å²) >= 11 is 16.2. The molecule has 0 radical (unpaired) electrons. The van der Waals surface area contributed by atoms with Gasteiger partial charge in [-0.15, -0.1) is 35.3 Å². The number of halogens is 2. The molecular formula is C29H33Cl2N4O7S3+. The standard InChI is InChI=1S/C29H32Cl2N4O7S3/c1-29(2,3)42-28(41)32-11-18(36)12-34-8-6-19(7-9-34)43-13-16-14-45-26-23(25(38)35(26)24(16)27(39)40)33-22(37)15-44-21-10-17(30)4-5-20(21)31/h4-10,18,23,26,36H,11-15H2,1-3H3,(H2-,32,33,37,39,40,41)/p+1/t18?,23-,26-/m1/s1. The second-order valence-corrected chi connectivity index (χ2v) is 15.1. The molecule has 3 amide bonds. The molecule has 1 saturated heterocycles. The van der Waals surface area contributed by atoms with E-state index in [9.17, 15) is 29.4 Å². The van der Waals surface area contributed by atoms with E-state index < -0.39 is 41.1 Å². The molecule has 3 heterocycles. The molecule has 1 aromatic heterocycles. The Labute approximate surface area is 283 Å². The summed E-state index contributed by atoms with van der Waals surface area (Å²) in [6.45, 7) is 5.54. The number of aromatic nitrogens is 1. The highest BCUT2D eigenvalue weighted by Gasteiger charge is 2.54. The topological polar surface area (TPSA) is 149 Å². The quantitative estimate of drug-likeness (QED) is 0.145. The Morgan fingerprint density at radius 2 is 1.89 bits per heavy atom. The number of thioether (sulfide) groups is 3. The van der Waals surface area contributed by atoms with Crippen molar-refractivity contribution in [2.45, 2.75) is 60.2 Å². The summed E-state index contributed by atoms with van der Waals surface area (Å²) in [4.78, 5) is 52.4. The van der Waals surface area contributed by atoms with Crippen LogP contribution in [0.15, 0.2) is 63.8 Å². The van der Waals surface area contributed by atoms with Crippen molar-refractivity contribution >= 4 is 82.4 Å². The number of aliphatic carboxylic acids is 1. The largest absolute Gasteiger partial charge is 0.477 e. The van der Waals surface area contributed by atoms with Crippen molar-refractivity contribution in [3.8, 4) is 0 Å². The fraction of sp³-hybridized carbons (Fsp3) is 0.414. The van der Waals surface area contributed by atoms with E-state index in [4.69, 9.17) is 27.9 Å². The van der Waals surface area contributed by atoms with Crippen LogP contribution in [0, 0.1) is 0 Å². The number of benzene rings is 1. The van der Waals surface area contributed by atoms with Gasteiger partial charge in [-0.1, -0.05) is 23.2 Å². The Morgan fingerprint density at radius 1 is 1.18 bits per heavy atom. The van der Waals surface area contributed by atoms with Gasteiger partial charge in [-0.2, -0.15) is 0 Å². The third-order valence-corrected chi connectivity index (χ3v) is 10.6. The second kappa shape index (κ2) is 15.3. The number of nitrogens with zero attached hydrogens (tertiary/aromatic N) is 2. The molecule has 45 heavy (non-hydrogen) atoms. The number of hydrogen-bond acceptors (Lipinski definition) is 9. The van der Waals surface area contributed by atoms with Gasteiger partial charge in [-0.05, 0) is 44.5 Å². The van der Waals surface area contributed by atoms with Crippen molar-refractivity contribution in [2.75, 3.05) is 23.8 Å². The lowest BCUT2D eigenvalue weighted by Gasteiger charge is -2.49. The van der Waals surface area contributed by atoms with E-state index in [-0.39, 0.29) is 30.4 Å². The predicted molar refractivity (Wildman–Crippen MR) is 174 cm³/mol. The lowest BCUT2D eigenvalue weighted by atomic mass is 10.0. The highest BCUT2D eigenvalue weighted by atomic mass is 35.5. The van der Waals surface area contributed by atoms with Crippen LogP contribution < -0.4 is 15.2 Å². The van der Waals surface area contributed by atoms with Crippen LogP contribution in [0.2, 0.25) is 10.0 Å². The minimum atomic E-state index is -1.19. The molecule has 0 aliphatic carbocycles. The highest BCUT2D eigenvalue weighted by Crippen LogP contribution is 2.41. The molecule has 1 unspecified atom stereocenters. The van der Waals surface area contributed by atoms with Gasteiger partial charge in [0, 0.05) is 38.5 Å². The van der Waals surface area contributed by atoms with E-state index in [1.165, 1.54) is 40.2 Å². The van der Waals surface area contributed by atoms with Crippen molar-refractivity contribution in [2.24, 2.45) is 0 Å². The van der Waals surface area contributed by atoms with Crippen molar-refractivity contribution in [3.05, 3.63) is 64.0 Å². The van der Waals surface area contributed by atoms with Crippen molar-refractivity contribution in [1.82, 2.24) is 15.5 Å². The van der Waals surface area contributed by atoms with Crippen molar-refractivity contribution in [3.63, 3.8) is 0 Å². The Morgan fingerprint density at radius 3 is 2.56 bits per heavy atom. The fourth-order valence-electron chi connectivity index (χ4n) is 4.40. The zero-order valence-corrected chi connectivity index (χ0v) is 28.6. The number of nitrogens with one attached hydrogen (secondary N) is 2. The van der Waals surface area contributed by atoms with Gasteiger partial charge in [0.2, 0.25) is 5.91 Å². The first-order valence-corrected chi connectivity index (χ1v) is 17.5. The molecular weight excluding hydrogens is 683 g/mol. The first-order chi connectivity index (χ1) is 21.2. The molecule has 0 spiro atoms. The van der Waals surface area contributed by atoms with Gasteiger partial charge in [0.1, 0.15) is 28.8 Å². The lowest BCUT2D eigenvalue weighted by molar-refractivity contribution is -0.703. The van der Waals surface area contributed by atoms with E-state index in [1.807, 2.05) is 12.1 Å². The lowest BCUT2D eigenvalue weighted by Crippen LogP contribution is -2.70. The van der Waals surface area contributed by atoms with Crippen LogP contribution in [0.25, 0.3) is 0 Å². The molecule has 1 aromatic carbocycles. The number of amides is 3. The van der Waals surface area contributed by atoms with Gasteiger partial charge in [-0.25, -0.2) is 14.2 Å². The van der Waals surface area contributed by atoms with E-state index in [0.717, 1.165) is 4.90 Å². The maximum Gasteiger partial charge on any atom is 0.407 e. The van der Waals surface area contributed by atoms with Crippen LogP contribution in [0.4, 0.5) is 4.79 Å². The Hall–Kier alpha value is -2.62. The molecule has 242 valence electrons. The summed E-state index contributed by atoms with van der Waals surface area (Å²) in [5.41, 5.74) is -0.0674. The number of carboxylic acid groups (broad SMARTS) is 1. The smallest absolute Gasteiger partial charge is 0.407 e. The monoisotopic (exact) mass is 715 g/mol. The van der Waals surface area contributed by atoms with Crippen molar-refractivity contribution in [1.29, 1.82) is 0 Å². The van der Waals surface area contributed by atoms with Gasteiger partial charge in [0.05, 0.1) is 17.3 Å². The Balaban J connectivity index is 1.28. The van der Waals surface area contributed by atoms with Crippen LogP contribution in [-0.4, -0.2) is 85.9 Å². The molecule has 3 atom stereocenters. The molecule has 2 aromatic rings. The number of fused-ring (bicyclic) bond motifs is 1. The predicted octanol–water partition coefficient (Wildman–Crippen LogP) is 3.79. The number of hydrogen-bond donors (Lipinski definition) is 4. The van der Waals surface area contributed by atoms with Crippen LogP contribution in [-0.2, 0) is 25.7 Å². The van der Waals surface area contributed by atoms with Gasteiger partial charge >= 0.3 is 12.1 Å². The number of pyridine rings is 1. The average molecular weight is 717 g/mol. The van der Waals surface area contributed by atoms with Gasteiger partial charge < -0.3 is 25.6 Å². The molecule has 11 nitrogen and oxygen atoms in total. The SMILES string of the molecule is CC(C)(C)OC(=O)NCC(O)C[n+]1ccc(SCC2=C(C(=O)O)N3C(=O)[C@@H](NC(=O)CSc4cc(Cl)ccc4Cl)[C@H]3SC2)cc1. The number of carboxylic acids is 1. The third-order valence-electron chi connectivity index (χ3n) is 6.39. The van der Waals surface area contributed by atoms with E-state index in [0.29, 0.717) is 32.0 Å². The minimum absolute atomic E-state index is 0.0176. The van der Waals surface area contributed by atoms with Crippen LogP contribution in [0.3, 0.4) is 0 Å². The summed E-state index contributed by atoms with van der Waals surface area (Å²) in [6.07, 6.45) is 2.12. The summed E-state index contributed by atoms with van der Waals surface area (Å²) in [5, 5.41) is 26.0. The molecule has 1 fully saturated rings. The van der Waals surface area contributed by atoms with E-state index in [1.54, 1.807) is 55.9 Å². The number of aliphatic hydroxyl groups is 1. The van der Waals surface area contributed by atoms with Crippen LogP contribution in [0.1, 0.15) is 20.8 Å². The number of alkyl carbamates (subject to hydrolysis) is 1. The number of aliphatic hydroxyl groups excluding tert-OH is 1.